The third-order valence-corrected chi connectivity index (χ3v) is 4.69. The monoisotopic (exact) mass is 368 g/mol. The summed E-state index contributed by atoms with van der Waals surface area (Å²) in [4.78, 5) is 15.9. The first-order valence-corrected chi connectivity index (χ1v) is 9.87. The second-order valence-corrected chi connectivity index (χ2v) is 7.24. The van der Waals surface area contributed by atoms with Crippen molar-refractivity contribution in [2.45, 2.75) is 41.0 Å². The number of imidazole rings is 1. The largest absolute Gasteiger partial charge is 0.356 e. The molecule has 1 aliphatic heterocycles. The van der Waals surface area contributed by atoms with Gasteiger partial charge in [0.05, 0.1) is 0 Å². The molecule has 0 amide bonds. The molecule has 3 aromatic heterocycles. The predicted molar refractivity (Wildman–Crippen MR) is 114 cm³/mol. The van der Waals surface area contributed by atoms with Crippen molar-refractivity contribution in [3.63, 3.8) is 0 Å². The summed E-state index contributed by atoms with van der Waals surface area (Å²) in [6.07, 6.45) is 7.01. The fraction of sp³-hybridized carbons (Fsp3) is 0.476. The Morgan fingerprint density at radius 2 is 1.81 bits per heavy atom. The molecular weight excluding hydrogens is 336 g/mol. The standard InChI is InChI=1S/C19H24N6.C2H6.H2/c1-13-8-14(2)12-25(11-13)19-10-17(21-15(3)22-19)23-16-4-6-24-7-5-20-18(24)9-16;1-2;/h4-7,9-10,13-14H,8,11-12H2,1-3H3,(H,21,22,23);1-2H3;1H. The molecule has 0 spiro atoms. The Bertz CT molecular complexity index is 883. The predicted octanol–water partition coefficient (Wildman–Crippen LogP) is 4.93. The van der Waals surface area contributed by atoms with Crippen molar-refractivity contribution in [1.29, 1.82) is 0 Å². The maximum Gasteiger partial charge on any atom is 0.138 e. The van der Waals surface area contributed by atoms with E-state index in [1.54, 1.807) is 6.20 Å². The van der Waals surface area contributed by atoms with Crippen LogP contribution in [0.5, 0.6) is 0 Å². The quantitative estimate of drug-likeness (QED) is 0.710. The van der Waals surface area contributed by atoms with Crippen molar-refractivity contribution in [2.24, 2.45) is 11.8 Å². The van der Waals surface area contributed by atoms with Crippen LogP contribution in [0.15, 0.2) is 36.8 Å². The molecule has 2 atom stereocenters. The number of nitrogens with one attached hydrogen (secondary N) is 1. The normalized spacial score (nSPS) is 19.5. The van der Waals surface area contributed by atoms with Gasteiger partial charge in [0.1, 0.15) is 23.1 Å². The van der Waals surface area contributed by atoms with Crippen molar-refractivity contribution in [3.05, 3.63) is 42.6 Å². The molecule has 0 saturated carbocycles. The number of aryl methyl sites for hydroxylation is 1. The van der Waals surface area contributed by atoms with Gasteiger partial charge < -0.3 is 14.6 Å². The van der Waals surface area contributed by atoms with E-state index in [1.165, 1.54) is 6.42 Å². The highest BCUT2D eigenvalue weighted by Gasteiger charge is 2.23. The van der Waals surface area contributed by atoms with Gasteiger partial charge in [0.25, 0.3) is 0 Å². The van der Waals surface area contributed by atoms with E-state index in [2.05, 4.69) is 39.0 Å². The third-order valence-electron chi connectivity index (χ3n) is 4.69. The summed E-state index contributed by atoms with van der Waals surface area (Å²) < 4.78 is 1.98. The molecular formula is C21H32N6. The van der Waals surface area contributed by atoms with Crippen molar-refractivity contribution < 1.29 is 1.43 Å². The first-order chi connectivity index (χ1) is 13.1. The molecule has 6 nitrogen and oxygen atoms in total. The number of nitrogens with zero attached hydrogens (tertiary/aromatic N) is 5. The maximum absolute atomic E-state index is 4.67. The maximum atomic E-state index is 4.67. The van der Waals surface area contributed by atoms with Gasteiger partial charge in [-0.2, -0.15) is 0 Å². The van der Waals surface area contributed by atoms with Crippen LogP contribution < -0.4 is 10.2 Å². The van der Waals surface area contributed by atoms with Crippen LogP contribution in [-0.2, 0) is 0 Å². The van der Waals surface area contributed by atoms with E-state index in [1.807, 2.05) is 55.8 Å². The molecule has 4 rings (SSSR count). The van der Waals surface area contributed by atoms with Crippen molar-refractivity contribution in [2.75, 3.05) is 23.3 Å². The SMILES string of the molecule is CC.Cc1nc(Nc2ccn3ccnc3c2)cc(N2CC(C)CC(C)C2)n1.[HH]. The summed E-state index contributed by atoms with van der Waals surface area (Å²) in [5, 5.41) is 3.40. The van der Waals surface area contributed by atoms with Crippen molar-refractivity contribution >= 4 is 23.0 Å². The van der Waals surface area contributed by atoms with Crippen LogP contribution in [-0.4, -0.2) is 32.4 Å². The first-order valence-electron chi connectivity index (χ1n) is 9.87. The summed E-state index contributed by atoms with van der Waals surface area (Å²) >= 11 is 0. The number of pyridine rings is 1. The van der Waals surface area contributed by atoms with Gasteiger partial charge in [0, 0.05) is 50.9 Å². The third kappa shape index (κ3) is 4.56. The lowest BCUT2D eigenvalue weighted by molar-refractivity contribution is 0.355. The molecule has 4 heterocycles. The average Bonchev–Trinajstić information content (AvgIpc) is 3.10. The minimum Gasteiger partial charge on any atom is -0.356 e. The second-order valence-electron chi connectivity index (χ2n) is 7.24. The summed E-state index contributed by atoms with van der Waals surface area (Å²) in [6.45, 7) is 12.7. The number of hydrogen-bond donors (Lipinski definition) is 1. The zero-order chi connectivity index (χ0) is 19.4. The van der Waals surface area contributed by atoms with E-state index >= 15 is 0 Å². The molecule has 6 heteroatoms. The van der Waals surface area contributed by atoms with E-state index in [0.717, 1.165) is 41.9 Å². The molecule has 1 N–H and O–H groups in total. The van der Waals surface area contributed by atoms with Crippen molar-refractivity contribution in [3.8, 4) is 0 Å². The Morgan fingerprint density at radius 3 is 2.56 bits per heavy atom. The average molecular weight is 369 g/mol. The summed E-state index contributed by atoms with van der Waals surface area (Å²) in [5.74, 6) is 4.00. The second kappa shape index (κ2) is 8.37. The van der Waals surface area contributed by atoms with Crippen LogP contribution in [0.3, 0.4) is 0 Å². The van der Waals surface area contributed by atoms with E-state index in [9.17, 15) is 0 Å². The molecule has 27 heavy (non-hydrogen) atoms. The number of hydrogen-bond acceptors (Lipinski definition) is 5. The summed E-state index contributed by atoms with van der Waals surface area (Å²) in [6, 6.07) is 6.09. The Kier molecular flexibility index (Phi) is 5.94. The number of rotatable bonds is 3. The number of piperidine rings is 1. The van der Waals surface area contributed by atoms with E-state index in [0.29, 0.717) is 11.8 Å². The number of aromatic nitrogens is 4. The molecule has 1 aliphatic rings. The zero-order valence-corrected chi connectivity index (χ0v) is 17.0. The van der Waals surface area contributed by atoms with Gasteiger partial charge in [-0.25, -0.2) is 15.0 Å². The highest BCUT2D eigenvalue weighted by molar-refractivity contribution is 5.63. The van der Waals surface area contributed by atoms with E-state index in [4.69, 9.17) is 0 Å². The van der Waals surface area contributed by atoms with Crippen LogP contribution in [0.25, 0.3) is 5.65 Å². The minimum atomic E-state index is 0. The van der Waals surface area contributed by atoms with Crippen LogP contribution in [0.1, 0.15) is 41.4 Å². The Morgan fingerprint density at radius 1 is 1.07 bits per heavy atom. The number of anilines is 3. The van der Waals surface area contributed by atoms with Crippen molar-refractivity contribution in [1.82, 2.24) is 19.4 Å². The smallest absolute Gasteiger partial charge is 0.138 e. The first kappa shape index (κ1) is 19.1. The minimum absolute atomic E-state index is 0. The molecule has 3 aromatic rings. The highest BCUT2D eigenvalue weighted by atomic mass is 15.2. The molecule has 0 radical (unpaired) electrons. The molecule has 0 bridgehead atoms. The van der Waals surface area contributed by atoms with Gasteiger partial charge in [-0.05, 0) is 31.2 Å². The van der Waals surface area contributed by atoms with Crippen LogP contribution in [0.2, 0.25) is 0 Å². The Hall–Kier alpha value is -2.63. The lowest BCUT2D eigenvalue weighted by Crippen LogP contribution is -2.39. The van der Waals surface area contributed by atoms with E-state index in [-0.39, 0.29) is 1.43 Å². The molecule has 0 aliphatic carbocycles. The van der Waals surface area contributed by atoms with Crippen LogP contribution in [0.4, 0.5) is 17.3 Å². The molecule has 0 aromatic carbocycles. The van der Waals surface area contributed by atoms with Gasteiger partial charge in [-0.1, -0.05) is 27.7 Å². The van der Waals surface area contributed by atoms with Gasteiger partial charge in [-0.15, -0.1) is 0 Å². The number of fused-ring (bicyclic) bond motifs is 1. The van der Waals surface area contributed by atoms with Gasteiger partial charge in [-0.3, -0.25) is 0 Å². The molecule has 2 unspecified atom stereocenters. The fourth-order valence-corrected chi connectivity index (χ4v) is 3.76. The van der Waals surface area contributed by atoms with Gasteiger partial charge in [0.2, 0.25) is 0 Å². The summed E-state index contributed by atoms with van der Waals surface area (Å²) in [5.41, 5.74) is 1.89. The van der Waals surface area contributed by atoms with Gasteiger partial charge in [0.15, 0.2) is 0 Å². The molecule has 1 fully saturated rings. The summed E-state index contributed by atoms with van der Waals surface area (Å²) in [7, 11) is 0. The van der Waals surface area contributed by atoms with Crippen LogP contribution in [0, 0.1) is 18.8 Å². The Balaban J connectivity index is 0.000000906. The highest BCUT2D eigenvalue weighted by Crippen LogP contribution is 2.27. The molecule has 146 valence electrons. The lowest BCUT2D eigenvalue weighted by atomic mass is 9.92. The fourth-order valence-electron chi connectivity index (χ4n) is 3.76. The zero-order valence-electron chi connectivity index (χ0n) is 17.0. The lowest BCUT2D eigenvalue weighted by Gasteiger charge is -2.36. The molecule has 1 saturated heterocycles. The topological polar surface area (TPSA) is 58.4 Å². The van der Waals surface area contributed by atoms with E-state index < -0.39 is 0 Å². The van der Waals surface area contributed by atoms with Gasteiger partial charge >= 0.3 is 0 Å². The van der Waals surface area contributed by atoms with Crippen LogP contribution >= 0.6 is 0 Å². The Labute approximate surface area is 163 Å².